The van der Waals surface area contributed by atoms with Crippen molar-refractivity contribution in [3.8, 4) is 5.75 Å². The summed E-state index contributed by atoms with van der Waals surface area (Å²) >= 11 is 6.10. The first-order chi connectivity index (χ1) is 13.9. The molecule has 1 saturated heterocycles. The van der Waals surface area contributed by atoms with Crippen LogP contribution in [-0.2, 0) is 6.54 Å². The zero-order valence-corrected chi connectivity index (χ0v) is 16.8. The number of hydrogen-bond donors (Lipinski definition) is 1. The maximum atomic E-state index is 15.1. The van der Waals surface area contributed by atoms with Crippen LogP contribution >= 0.6 is 11.6 Å². The molecule has 0 spiro atoms. The largest absolute Gasteiger partial charge is 0.492 e. The molecule has 9 heteroatoms. The van der Waals surface area contributed by atoms with Crippen LogP contribution in [0.25, 0.3) is 0 Å². The van der Waals surface area contributed by atoms with Gasteiger partial charge in [-0.05, 0) is 31.0 Å². The Balaban J connectivity index is 1.71. The van der Waals surface area contributed by atoms with Gasteiger partial charge in [0, 0.05) is 20.1 Å². The summed E-state index contributed by atoms with van der Waals surface area (Å²) in [5, 5.41) is 3.25. The molecule has 2 amide bonds. The second-order valence-electron chi connectivity index (χ2n) is 7.11. The lowest BCUT2D eigenvalue weighted by atomic mass is 10.1. The number of amides is 2. The number of carbonyl (C=O) groups is 2. The normalized spacial score (nSPS) is 15.7. The monoisotopic (exact) mass is 418 g/mol. The molecule has 2 aliphatic heterocycles. The van der Waals surface area contributed by atoms with Gasteiger partial charge in [-0.15, -0.1) is 0 Å². The minimum atomic E-state index is -0.741. The van der Waals surface area contributed by atoms with Crippen LogP contribution in [0.15, 0.2) is 18.2 Å². The molecule has 1 aromatic carbocycles. The lowest BCUT2D eigenvalue weighted by Gasteiger charge is -2.19. The van der Waals surface area contributed by atoms with Crippen LogP contribution in [0.1, 0.15) is 39.3 Å². The standard InChI is InChI=1S/C20H20ClFN4O3/c1-25-10-14-16(20(25)28)13(9-15(21)24-14)23-12-6-5-11(17(22)18(12)29-2)19(27)26-7-3-4-8-26/h5-6,9H,3-4,7-8,10H2,1-2H3,(H,23,24). The number of pyridine rings is 1. The van der Waals surface area contributed by atoms with Gasteiger partial charge in [-0.25, -0.2) is 9.37 Å². The van der Waals surface area contributed by atoms with Crippen molar-refractivity contribution in [3.05, 3.63) is 46.0 Å². The van der Waals surface area contributed by atoms with Crippen molar-refractivity contribution in [1.82, 2.24) is 14.8 Å². The van der Waals surface area contributed by atoms with E-state index < -0.39 is 5.82 Å². The van der Waals surface area contributed by atoms with Crippen LogP contribution in [0, 0.1) is 5.82 Å². The number of anilines is 2. The number of likely N-dealkylation sites (tertiary alicyclic amines) is 1. The lowest BCUT2D eigenvalue weighted by Crippen LogP contribution is -2.28. The Bertz CT molecular complexity index is 1010. The highest BCUT2D eigenvalue weighted by atomic mass is 35.5. The fraction of sp³-hybridized carbons (Fsp3) is 0.350. The summed E-state index contributed by atoms with van der Waals surface area (Å²) < 4.78 is 20.4. The highest BCUT2D eigenvalue weighted by Crippen LogP contribution is 2.37. The van der Waals surface area contributed by atoms with Gasteiger partial charge in [0.05, 0.1) is 41.9 Å². The molecule has 152 valence electrons. The van der Waals surface area contributed by atoms with Gasteiger partial charge in [-0.3, -0.25) is 9.59 Å². The minimum Gasteiger partial charge on any atom is -0.492 e. The van der Waals surface area contributed by atoms with Crippen molar-refractivity contribution >= 4 is 34.8 Å². The Morgan fingerprint density at radius 2 is 2.00 bits per heavy atom. The maximum absolute atomic E-state index is 15.1. The van der Waals surface area contributed by atoms with Gasteiger partial charge in [0.1, 0.15) is 5.15 Å². The first-order valence-corrected chi connectivity index (χ1v) is 9.66. The van der Waals surface area contributed by atoms with E-state index in [1.54, 1.807) is 18.0 Å². The van der Waals surface area contributed by atoms with Gasteiger partial charge >= 0.3 is 0 Å². The highest BCUT2D eigenvalue weighted by molar-refractivity contribution is 6.30. The number of methoxy groups -OCH3 is 1. The maximum Gasteiger partial charge on any atom is 0.257 e. The van der Waals surface area contributed by atoms with Gasteiger partial charge < -0.3 is 19.9 Å². The predicted molar refractivity (Wildman–Crippen MR) is 106 cm³/mol. The predicted octanol–water partition coefficient (Wildman–Crippen LogP) is 3.45. The molecular weight excluding hydrogens is 399 g/mol. The van der Waals surface area contributed by atoms with Gasteiger partial charge in [-0.2, -0.15) is 0 Å². The van der Waals surface area contributed by atoms with Crippen LogP contribution < -0.4 is 10.1 Å². The van der Waals surface area contributed by atoms with E-state index in [0.717, 1.165) is 12.8 Å². The van der Waals surface area contributed by atoms with Crippen molar-refractivity contribution in [2.75, 3.05) is 32.6 Å². The summed E-state index contributed by atoms with van der Waals surface area (Å²) in [4.78, 5) is 32.5. The second kappa shape index (κ2) is 7.51. The molecule has 1 fully saturated rings. The summed E-state index contributed by atoms with van der Waals surface area (Å²) in [7, 11) is 3.00. The Morgan fingerprint density at radius 3 is 2.69 bits per heavy atom. The Morgan fingerprint density at radius 1 is 1.28 bits per heavy atom. The fourth-order valence-corrected chi connectivity index (χ4v) is 3.97. The van der Waals surface area contributed by atoms with Crippen molar-refractivity contribution < 1.29 is 18.7 Å². The molecule has 0 unspecified atom stereocenters. The van der Waals surface area contributed by atoms with Crippen LogP contribution in [0.4, 0.5) is 15.8 Å². The van der Waals surface area contributed by atoms with Gasteiger partial charge in [-0.1, -0.05) is 11.6 Å². The van der Waals surface area contributed by atoms with Gasteiger partial charge in [0.15, 0.2) is 11.6 Å². The molecule has 2 aliphatic rings. The van der Waals surface area contributed by atoms with Crippen LogP contribution in [0.3, 0.4) is 0 Å². The van der Waals surface area contributed by atoms with Gasteiger partial charge in [0.2, 0.25) is 0 Å². The molecule has 1 N–H and O–H groups in total. The molecule has 0 radical (unpaired) electrons. The molecule has 0 saturated carbocycles. The third-order valence-electron chi connectivity index (χ3n) is 5.20. The average Bonchev–Trinajstić information content (AvgIpc) is 3.30. The topological polar surface area (TPSA) is 74.8 Å². The van der Waals surface area contributed by atoms with E-state index in [1.165, 1.54) is 24.1 Å². The summed E-state index contributed by atoms with van der Waals surface area (Å²) in [6.07, 6.45) is 1.83. The molecule has 7 nitrogen and oxygen atoms in total. The van der Waals surface area contributed by atoms with Crippen molar-refractivity contribution in [3.63, 3.8) is 0 Å². The van der Waals surface area contributed by atoms with Crippen molar-refractivity contribution in [2.45, 2.75) is 19.4 Å². The number of aromatic nitrogens is 1. The summed E-state index contributed by atoms with van der Waals surface area (Å²) in [6, 6.07) is 4.50. The second-order valence-corrected chi connectivity index (χ2v) is 7.49. The van der Waals surface area contributed by atoms with Crippen molar-refractivity contribution in [2.24, 2.45) is 0 Å². The number of nitrogens with zero attached hydrogens (tertiary/aromatic N) is 3. The van der Waals surface area contributed by atoms with Gasteiger partial charge in [0.25, 0.3) is 11.8 Å². The summed E-state index contributed by atoms with van der Waals surface area (Å²) in [6.45, 7) is 1.59. The van der Waals surface area contributed by atoms with Crippen LogP contribution in [0.2, 0.25) is 5.15 Å². The molecule has 0 atom stereocenters. The molecule has 3 heterocycles. The number of carbonyl (C=O) groups excluding carboxylic acids is 2. The zero-order valence-electron chi connectivity index (χ0n) is 16.1. The molecule has 1 aromatic heterocycles. The van der Waals surface area contributed by atoms with E-state index in [4.69, 9.17) is 16.3 Å². The Kier molecular flexibility index (Phi) is 5.04. The Labute approximate surface area is 172 Å². The van der Waals surface area contributed by atoms with Crippen LogP contribution in [0.5, 0.6) is 5.75 Å². The molecule has 2 aromatic rings. The van der Waals surface area contributed by atoms with E-state index in [-0.39, 0.29) is 34.0 Å². The van der Waals surface area contributed by atoms with E-state index in [9.17, 15) is 9.59 Å². The summed E-state index contributed by atoms with van der Waals surface area (Å²) in [5.74, 6) is -1.40. The molecule has 0 bridgehead atoms. The number of hydrogen-bond acceptors (Lipinski definition) is 5. The number of halogens is 2. The number of benzene rings is 1. The van der Waals surface area contributed by atoms with E-state index in [0.29, 0.717) is 36.6 Å². The van der Waals surface area contributed by atoms with Crippen molar-refractivity contribution in [1.29, 1.82) is 0 Å². The van der Waals surface area contributed by atoms with E-state index in [2.05, 4.69) is 10.3 Å². The Hall–Kier alpha value is -2.87. The zero-order chi connectivity index (χ0) is 20.7. The lowest BCUT2D eigenvalue weighted by molar-refractivity contribution is 0.0785. The number of fused-ring (bicyclic) bond motifs is 1. The fourth-order valence-electron chi connectivity index (χ4n) is 3.76. The minimum absolute atomic E-state index is 0.0388. The third kappa shape index (κ3) is 3.37. The molecular formula is C20H20ClFN4O3. The highest BCUT2D eigenvalue weighted by Gasteiger charge is 2.31. The number of nitrogens with one attached hydrogen (secondary N) is 1. The van der Waals surface area contributed by atoms with E-state index in [1.807, 2.05) is 0 Å². The SMILES string of the molecule is COc1c(Nc2cc(Cl)nc3c2C(=O)N(C)C3)ccc(C(=O)N2CCCC2)c1F. The van der Waals surface area contributed by atoms with Crippen LogP contribution in [-0.4, -0.2) is 53.8 Å². The quantitative estimate of drug-likeness (QED) is 0.770. The third-order valence-corrected chi connectivity index (χ3v) is 5.40. The van der Waals surface area contributed by atoms with E-state index >= 15 is 4.39 Å². The molecule has 0 aliphatic carbocycles. The molecule has 29 heavy (non-hydrogen) atoms. The first-order valence-electron chi connectivity index (χ1n) is 9.28. The first kappa shape index (κ1) is 19.4. The smallest absolute Gasteiger partial charge is 0.257 e. The number of rotatable bonds is 4. The number of ether oxygens (including phenoxy) is 1. The summed E-state index contributed by atoms with van der Waals surface area (Å²) in [5.41, 5.74) is 1.59. The molecule has 4 rings (SSSR count). The average molecular weight is 419 g/mol.